The largest absolute Gasteiger partial charge is 0.360 e. The number of hydrazine groups is 1. The van der Waals surface area contributed by atoms with Gasteiger partial charge in [-0.25, -0.2) is 10.0 Å². The van der Waals surface area contributed by atoms with Gasteiger partial charge in [0.25, 0.3) is 5.91 Å². The fourth-order valence-electron chi connectivity index (χ4n) is 2.52. The summed E-state index contributed by atoms with van der Waals surface area (Å²) in [4.78, 5) is 12.7. The predicted octanol–water partition coefficient (Wildman–Crippen LogP) is 2.73. The van der Waals surface area contributed by atoms with Gasteiger partial charge in [0.05, 0.1) is 5.56 Å². The molecule has 1 aliphatic rings. The van der Waals surface area contributed by atoms with E-state index in [1.807, 2.05) is 73.7 Å². The Morgan fingerprint density at radius 2 is 1.65 bits per heavy atom. The van der Waals surface area contributed by atoms with Gasteiger partial charge in [-0.1, -0.05) is 42.5 Å². The average molecular weight is 267 g/mol. The Labute approximate surface area is 118 Å². The number of hydrogen-bond acceptors (Lipinski definition) is 3. The number of nitrogens with one attached hydrogen (secondary N) is 1. The van der Waals surface area contributed by atoms with Crippen molar-refractivity contribution >= 4 is 11.6 Å². The number of nitrogens with zero attached hydrogens (tertiary/aromatic N) is 2. The lowest BCUT2D eigenvalue weighted by atomic mass is 10.0. The first kappa shape index (κ1) is 12.7. The topological polar surface area (TPSA) is 35.6 Å². The summed E-state index contributed by atoms with van der Waals surface area (Å²) in [5, 5.41) is 6.99. The maximum Gasteiger partial charge on any atom is 0.272 e. The highest BCUT2D eigenvalue weighted by Gasteiger charge is 2.34. The van der Waals surface area contributed by atoms with Crippen LogP contribution in [0.25, 0.3) is 0 Å². The Morgan fingerprint density at radius 1 is 1.00 bits per heavy atom. The molecule has 0 bridgehead atoms. The number of rotatable bonds is 2. The van der Waals surface area contributed by atoms with Crippen molar-refractivity contribution < 1.29 is 4.79 Å². The molecule has 2 aromatic rings. The van der Waals surface area contributed by atoms with Crippen LogP contribution in [-0.4, -0.2) is 30.0 Å². The molecular formula is C16H17N3O. The van der Waals surface area contributed by atoms with Crippen LogP contribution < -0.4 is 5.32 Å². The molecule has 0 unspecified atom stereocenters. The van der Waals surface area contributed by atoms with Crippen LogP contribution >= 0.6 is 0 Å². The molecule has 1 amide bonds. The Balaban J connectivity index is 2.08. The lowest BCUT2D eigenvalue weighted by Gasteiger charge is -2.41. The lowest BCUT2D eigenvalue weighted by molar-refractivity contribution is -0.00167. The third-order valence-electron chi connectivity index (χ3n) is 3.45. The number of carbonyl (C=O) groups excluding carboxylic acids is 1. The number of para-hydroxylation sites is 1. The smallest absolute Gasteiger partial charge is 0.272 e. The molecule has 0 saturated heterocycles. The average Bonchev–Trinajstić information content (AvgIpc) is 2.47. The van der Waals surface area contributed by atoms with Gasteiger partial charge >= 0.3 is 0 Å². The number of amides is 1. The molecule has 20 heavy (non-hydrogen) atoms. The van der Waals surface area contributed by atoms with Gasteiger partial charge < -0.3 is 5.32 Å². The second-order valence-electron chi connectivity index (χ2n) is 5.00. The fourth-order valence-corrected chi connectivity index (χ4v) is 2.52. The molecule has 0 saturated carbocycles. The zero-order valence-electron chi connectivity index (χ0n) is 11.6. The summed E-state index contributed by atoms with van der Waals surface area (Å²) >= 11 is 0. The number of anilines is 1. The molecular weight excluding hydrogens is 250 g/mol. The minimum atomic E-state index is -0.186. The normalized spacial score (nSPS) is 17.9. The molecule has 0 radical (unpaired) electrons. The van der Waals surface area contributed by atoms with Crippen molar-refractivity contribution in [2.24, 2.45) is 0 Å². The molecule has 4 heteroatoms. The molecule has 4 nitrogen and oxygen atoms in total. The van der Waals surface area contributed by atoms with Gasteiger partial charge in [0.1, 0.15) is 6.17 Å². The van der Waals surface area contributed by atoms with Crippen LogP contribution in [-0.2, 0) is 0 Å². The van der Waals surface area contributed by atoms with Gasteiger partial charge in [-0.2, -0.15) is 0 Å². The highest BCUT2D eigenvalue weighted by atomic mass is 16.2. The van der Waals surface area contributed by atoms with E-state index in [2.05, 4.69) is 5.32 Å². The Bertz CT molecular complexity index is 625. The molecule has 102 valence electrons. The summed E-state index contributed by atoms with van der Waals surface area (Å²) in [5.74, 6) is 0.0122. The van der Waals surface area contributed by atoms with Crippen molar-refractivity contribution in [2.45, 2.75) is 6.17 Å². The molecule has 1 heterocycles. The summed E-state index contributed by atoms with van der Waals surface area (Å²) in [7, 11) is 3.76. The summed E-state index contributed by atoms with van der Waals surface area (Å²) in [6, 6.07) is 17.6. The first-order valence-corrected chi connectivity index (χ1v) is 6.60. The van der Waals surface area contributed by atoms with Gasteiger partial charge in [0.15, 0.2) is 0 Å². The summed E-state index contributed by atoms with van der Waals surface area (Å²) in [6.45, 7) is 0. The van der Waals surface area contributed by atoms with E-state index in [1.54, 1.807) is 5.01 Å². The Kier molecular flexibility index (Phi) is 3.16. The summed E-state index contributed by atoms with van der Waals surface area (Å²) in [6.07, 6.45) is -0.186. The van der Waals surface area contributed by atoms with Crippen LogP contribution in [0.5, 0.6) is 0 Å². The van der Waals surface area contributed by atoms with E-state index in [0.29, 0.717) is 5.56 Å². The maximum absolute atomic E-state index is 12.7. The summed E-state index contributed by atoms with van der Waals surface area (Å²) in [5.41, 5.74) is 2.64. The minimum Gasteiger partial charge on any atom is -0.360 e. The standard InChI is InChI=1S/C16H17N3O/c1-18(2)19-15(12-8-4-3-5-9-12)17-14-11-7-6-10-13(14)16(19)20/h3-11,15,17H,1-2H3/t15-/m0/s1. The van der Waals surface area contributed by atoms with Crippen LogP contribution in [0, 0.1) is 0 Å². The van der Waals surface area contributed by atoms with Crippen molar-refractivity contribution in [1.29, 1.82) is 0 Å². The number of benzene rings is 2. The predicted molar refractivity (Wildman–Crippen MR) is 79.1 cm³/mol. The molecule has 1 atom stereocenters. The second-order valence-corrected chi connectivity index (χ2v) is 5.00. The Morgan fingerprint density at radius 3 is 2.35 bits per heavy atom. The van der Waals surface area contributed by atoms with Crippen molar-refractivity contribution in [1.82, 2.24) is 10.0 Å². The van der Waals surface area contributed by atoms with Crippen LogP contribution in [0.1, 0.15) is 22.1 Å². The van der Waals surface area contributed by atoms with Crippen LogP contribution in [0.2, 0.25) is 0 Å². The van der Waals surface area contributed by atoms with Crippen LogP contribution in [0.15, 0.2) is 54.6 Å². The second kappa shape index (κ2) is 4.98. The van der Waals surface area contributed by atoms with E-state index in [4.69, 9.17) is 0 Å². The van der Waals surface area contributed by atoms with Gasteiger partial charge in [-0.3, -0.25) is 4.79 Å². The first-order valence-electron chi connectivity index (χ1n) is 6.60. The molecule has 0 spiro atoms. The van der Waals surface area contributed by atoms with Crippen molar-refractivity contribution in [3.63, 3.8) is 0 Å². The van der Waals surface area contributed by atoms with E-state index >= 15 is 0 Å². The first-order chi connectivity index (χ1) is 9.68. The maximum atomic E-state index is 12.7. The van der Waals surface area contributed by atoms with Gasteiger partial charge in [0, 0.05) is 19.8 Å². The van der Waals surface area contributed by atoms with Crippen molar-refractivity contribution in [3.8, 4) is 0 Å². The SMILES string of the molecule is CN(C)N1C(=O)c2ccccc2N[C@@H]1c1ccccc1. The molecule has 1 N–H and O–H groups in total. The van der Waals surface area contributed by atoms with E-state index < -0.39 is 0 Å². The molecule has 0 fully saturated rings. The van der Waals surface area contributed by atoms with Crippen molar-refractivity contribution in [2.75, 3.05) is 19.4 Å². The third kappa shape index (κ3) is 2.04. The van der Waals surface area contributed by atoms with Crippen molar-refractivity contribution in [3.05, 3.63) is 65.7 Å². The highest BCUT2D eigenvalue weighted by molar-refractivity contribution is 6.01. The monoisotopic (exact) mass is 267 g/mol. The zero-order chi connectivity index (χ0) is 14.1. The molecule has 1 aliphatic heterocycles. The van der Waals surface area contributed by atoms with E-state index in [-0.39, 0.29) is 12.1 Å². The minimum absolute atomic E-state index is 0.0122. The van der Waals surface area contributed by atoms with E-state index in [0.717, 1.165) is 11.3 Å². The lowest BCUT2D eigenvalue weighted by Crippen LogP contribution is -2.49. The highest BCUT2D eigenvalue weighted by Crippen LogP contribution is 2.33. The molecule has 0 aromatic heterocycles. The third-order valence-corrected chi connectivity index (χ3v) is 3.45. The molecule has 3 rings (SSSR count). The number of hydrogen-bond donors (Lipinski definition) is 1. The summed E-state index contributed by atoms with van der Waals surface area (Å²) < 4.78 is 0. The van der Waals surface area contributed by atoms with Crippen LogP contribution in [0.4, 0.5) is 5.69 Å². The Hall–Kier alpha value is -2.33. The zero-order valence-corrected chi connectivity index (χ0v) is 11.6. The molecule has 0 aliphatic carbocycles. The van der Waals surface area contributed by atoms with Gasteiger partial charge in [-0.15, -0.1) is 0 Å². The number of fused-ring (bicyclic) bond motifs is 1. The van der Waals surface area contributed by atoms with Gasteiger partial charge in [0.2, 0.25) is 0 Å². The van der Waals surface area contributed by atoms with E-state index in [9.17, 15) is 4.79 Å². The van der Waals surface area contributed by atoms with Crippen LogP contribution in [0.3, 0.4) is 0 Å². The van der Waals surface area contributed by atoms with Gasteiger partial charge in [-0.05, 0) is 17.7 Å². The quantitative estimate of drug-likeness (QED) is 0.908. The fraction of sp³-hybridized carbons (Fsp3) is 0.188. The number of carbonyl (C=O) groups is 1. The molecule has 2 aromatic carbocycles. The van der Waals surface area contributed by atoms with E-state index in [1.165, 1.54) is 0 Å².